The number of benzene rings is 1. The van der Waals surface area contributed by atoms with Gasteiger partial charge in [0.2, 0.25) is 5.91 Å². The molecular formula is C19H22N2O6. The number of carbonyl (C=O) groups excluding carboxylic acids is 2. The van der Waals surface area contributed by atoms with E-state index >= 15 is 0 Å². The SMILES string of the molecule is COC(=O)[C@@]1([C@@H](C[NH+]([O-])O)c2ccco2)C(=O)NC[C@@H]1c1ccc(C)cc1. The first kappa shape index (κ1) is 19.1. The van der Waals surface area contributed by atoms with Crippen molar-refractivity contribution < 1.29 is 29.2 Å². The molecule has 1 fully saturated rings. The smallest absolute Gasteiger partial charge is 0.323 e. The lowest BCUT2D eigenvalue weighted by Crippen LogP contribution is -3.05. The van der Waals surface area contributed by atoms with Crippen LogP contribution in [0.2, 0.25) is 0 Å². The third-order valence-corrected chi connectivity index (χ3v) is 5.21. The lowest BCUT2D eigenvalue weighted by molar-refractivity contribution is -1.05. The monoisotopic (exact) mass is 374 g/mol. The number of esters is 1. The molecule has 2 aromatic rings. The zero-order chi connectivity index (χ0) is 19.6. The lowest BCUT2D eigenvalue weighted by Gasteiger charge is -2.36. The zero-order valence-corrected chi connectivity index (χ0v) is 15.1. The predicted molar refractivity (Wildman–Crippen MR) is 93.8 cm³/mol. The van der Waals surface area contributed by atoms with Crippen LogP contribution in [-0.4, -0.2) is 37.3 Å². The summed E-state index contributed by atoms with van der Waals surface area (Å²) in [5, 5.41) is 22.6. The molecule has 1 aliphatic rings. The number of hydrogen-bond acceptors (Lipinski definition) is 6. The Hall–Kier alpha value is -2.68. The fourth-order valence-electron chi connectivity index (χ4n) is 3.94. The van der Waals surface area contributed by atoms with E-state index in [1.54, 1.807) is 12.1 Å². The van der Waals surface area contributed by atoms with Gasteiger partial charge in [-0.15, -0.1) is 0 Å². The van der Waals surface area contributed by atoms with Gasteiger partial charge in [-0.3, -0.25) is 9.59 Å². The average molecular weight is 374 g/mol. The van der Waals surface area contributed by atoms with E-state index < -0.39 is 40.9 Å². The Labute approximate surface area is 156 Å². The maximum atomic E-state index is 13.0. The van der Waals surface area contributed by atoms with Gasteiger partial charge < -0.3 is 19.7 Å². The van der Waals surface area contributed by atoms with E-state index in [2.05, 4.69) is 5.32 Å². The van der Waals surface area contributed by atoms with E-state index in [0.717, 1.165) is 11.1 Å². The van der Waals surface area contributed by atoms with Crippen molar-refractivity contribution in [3.63, 3.8) is 0 Å². The molecule has 4 atom stereocenters. The Morgan fingerprint density at radius 1 is 1.44 bits per heavy atom. The largest absolute Gasteiger partial charge is 0.600 e. The van der Waals surface area contributed by atoms with Crippen LogP contribution in [0.15, 0.2) is 47.1 Å². The third kappa shape index (κ3) is 3.23. The normalized spacial score (nSPS) is 24.3. The van der Waals surface area contributed by atoms with Crippen LogP contribution in [0, 0.1) is 17.5 Å². The van der Waals surface area contributed by atoms with Crippen molar-refractivity contribution in [1.29, 1.82) is 0 Å². The summed E-state index contributed by atoms with van der Waals surface area (Å²) >= 11 is 0. The third-order valence-electron chi connectivity index (χ3n) is 5.21. The molecule has 8 nitrogen and oxygen atoms in total. The minimum absolute atomic E-state index is 0.202. The Morgan fingerprint density at radius 3 is 2.70 bits per heavy atom. The molecule has 1 amide bonds. The highest BCUT2D eigenvalue weighted by atomic mass is 16.8. The van der Waals surface area contributed by atoms with Crippen LogP contribution in [0.4, 0.5) is 0 Å². The van der Waals surface area contributed by atoms with Crippen LogP contribution in [-0.2, 0) is 14.3 Å². The number of hydroxylamine groups is 2. The van der Waals surface area contributed by atoms with Crippen LogP contribution in [0.25, 0.3) is 0 Å². The lowest BCUT2D eigenvalue weighted by atomic mass is 9.64. The van der Waals surface area contributed by atoms with E-state index in [4.69, 9.17) is 9.15 Å². The number of hydrogen-bond donors (Lipinski definition) is 3. The highest BCUT2D eigenvalue weighted by Gasteiger charge is 2.64. The van der Waals surface area contributed by atoms with Crippen molar-refractivity contribution in [2.75, 3.05) is 20.2 Å². The van der Waals surface area contributed by atoms with Crippen molar-refractivity contribution in [1.82, 2.24) is 5.32 Å². The number of amides is 1. The highest BCUT2D eigenvalue weighted by molar-refractivity contribution is 6.06. The highest BCUT2D eigenvalue weighted by Crippen LogP contribution is 2.50. The van der Waals surface area contributed by atoms with Gasteiger partial charge in [0.15, 0.2) is 5.41 Å². The summed E-state index contributed by atoms with van der Waals surface area (Å²) < 4.78 is 10.4. The molecule has 1 aromatic heterocycles. The maximum absolute atomic E-state index is 13.0. The number of aryl methyl sites for hydroxylation is 1. The summed E-state index contributed by atoms with van der Waals surface area (Å²) in [6.07, 6.45) is 1.39. The number of nitrogens with one attached hydrogen (secondary N) is 2. The first-order valence-corrected chi connectivity index (χ1v) is 8.59. The molecule has 2 heterocycles. The Balaban J connectivity index is 2.20. The van der Waals surface area contributed by atoms with Crippen LogP contribution in [0.3, 0.4) is 0 Å². The Kier molecular flexibility index (Phi) is 5.31. The van der Waals surface area contributed by atoms with E-state index in [-0.39, 0.29) is 12.3 Å². The quantitative estimate of drug-likeness (QED) is 0.386. The molecule has 0 saturated carbocycles. The summed E-state index contributed by atoms with van der Waals surface area (Å²) in [7, 11) is 1.20. The molecule has 1 saturated heterocycles. The zero-order valence-electron chi connectivity index (χ0n) is 15.1. The van der Waals surface area contributed by atoms with Gasteiger partial charge in [-0.05, 0) is 24.6 Å². The fraction of sp³-hybridized carbons (Fsp3) is 0.368. The van der Waals surface area contributed by atoms with Crippen LogP contribution in [0.5, 0.6) is 0 Å². The van der Waals surface area contributed by atoms with Crippen LogP contribution < -0.4 is 10.5 Å². The van der Waals surface area contributed by atoms with Crippen molar-refractivity contribution in [3.8, 4) is 0 Å². The van der Waals surface area contributed by atoms with Crippen LogP contribution in [0.1, 0.15) is 28.7 Å². The summed E-state index contributed by atoms with van der Waals surface area (Å²) in [6, 6.07) is 10.6. The molecule has 27 heavy (non-hydrogen) atoms. The molecule has 1 unspecified atom stereocenters. The second kappa shape index (κ2) is 7.51. The molecule has 3 rings (SSSR count). The summed E-state index contributed by atoms with van der Waals surface area (Å²) in [4.78, 5) is 26.0. The molecule has 1 aromatic carbocycles. The van der Waals surface area contributed by atoms with Crippen molar-refractivity contribution in [2.45, 2.75) is 18.8 Å². The number of quaternary nitrogens is 1. The average Bonchev–Trinajstić information content (AvgIpc) is 3.28. The van der Waals surface area contributed by atoms with Crippen molar-refractivity contribution >= 4 is 11.9 Å². The summed E-state index contributed by atoms with van der Waals surface area (Å²) in [5.74, 6) is -2.66. The van der Waals surface area contributed by atoms with E-state index in [9.17, 15) is 20.0 Å². The molecule has 144 valence electrons. The number of rotatable bonds is 6. The predicted octanol–water partition coefficient (Wildman–Crippen LogP) is 0.517. The van der Waals surface area contributed by atoms with E-state index in [1.165, 1.54) is 13.4 Å². The fourth-order valence-corrected chi connectivity index (χ4v) is 3.94. The van der Waals surface area contributed by atoms with E-state index in [0.29, 0.717) is 0 Å². The first-order valence-electron chi connectivity index (χ1n) is 8.59. The minimum Gasteiger partial charge on any atom is -0.600 e. The van der Waals surface area contributed by atoms with Crippen LogP contribution >= 0.6 is 0 Å². The molecule has 0 radical (unpaired) electrons. The molecular weight excluding hydrogens is 352 g/mol. The Morgan fingerprint density at radius 2 is 2.15 bits per heavy atom. The maximum Gasteiger partial charge on any atom is 0.323 e. The van der Waals surface area contributed by atoms with Gasteiger partial charge in [0.25, 0.3) is 0 Å². The minimum atomic E-state index is -1.74. The van der Waals surface area contributed by atoms with Gasteiger partial charge >= 0.3 is 5.97 Å². The van der Waals surface area contributed by atoms with Gasteiger partial charge in [-0.1, -0.05) is 29.8 Å². The molecule has 0 spiro atoms. The van der Waals surface area contributed by atoms with Gasteiger partial charge in [0.05, 0.1) is 19.3 Å². The number of ether oxygens (including phenoxy) is 1. The molecule has 3 N–H and O–H groups in total. The first-order chi connectivity index (χ1) is 12.9. The van der Waals surface area contributed by atoms with Gasteiger partial charge in [-0.2, -0.15) is 0 Å². The standard InChI is InChI=1S/C19H22N2O6/c1-12-5-7-13(8-6-12)14-10-20-17(22)19(14,18(23)26-2)15(11-21(24)25)16-4-3-9-27-16/h3-9,14-15,21,24H,10-11H2,1-2H3,(H,20,22)/t14-,15+,19+/m1/s1. The van der Waals surface area contributed by atoms with Gasteiger partial charge in [0.1, 0.15) is 12.3 Å². The second-order valence-corrected chi connectivity index (χ2v) is 6.70. The Bertz CT molecular complexity index is 802. The van der Waals surface area contributed by atoms with Gasteiger partial charge in [-0.25, -0.2) is 10.4 Å². The molecule has 8 heteroatoms. The summed E-state index contributed by atoms with van der Waals surface area (Å²) in [5.41, 5.74) is 0.0550. The molecule has 0 bridgehead atoms. The number of furan rings is 1. The summed E-state index contributed by atoms with van der Waals surface area (Å²) in [6.45, 7) is 1.69. The molecule has 0 aliphatic carbocycles. The van der Waals surface area contributed by atoms with Crippen molar-refractivity contribution in [2.24, 2.45) is 5.41 Å². The van der Waals surface area contributed by atoms with Gasteiger partial charge in [0, 0.05) is 12.5 Å². The molecule has 1 aliphatic heterocycles. The number of methoxy groups -OCH3 is 1. The second-order valence-electron chi connectivity index (χ2n) is 6.70. The topological polar surface area (TPSA) is 116 Å². The van der Waals surface area contributed by atoms with Crippen molar-refractivity contribution in [3.05, 3.63) is 64.8 Å². The van der Waals surface area contributed by atoms with E-state index in [1.807, 2.05) is 31.2 Å². The number of carbonyl (C=O) groups is 2.